The van der Waals surface area contributed by atoms with Gasteiger partial charge in [-0.15, -0.1) is 11.3 Å². The van der Waals surface area contributed by atoms with Crippen LogP contribution in [0, 0.1) is 11.8 Å². The van der Waals surface area contributed by atoms with Gasteiger partial charge < -0.3 is 10.6 Å². The predicted octanol–water partition coefficient (Wildman–Crippen LogP) is 3.75. The number of fused-ring (bicyclic) bond motifs is 1. The van der Waals surface area contributed by atoms with E-state index in [2.05, 4.69) is 17.6 Å². The molecule has 1 aromatic heterocycles. The summed E-state index contributed by atoms with van der Waals surface area (Å²) in [5.74, 6) is 0.789. The summed E-state index contributed by atoms with van der Waals surface area (Å²) < 4.78 is 0. The average molecular weight is 334 g/mol. The van der Waals surface area contributed by atoms with Crippen molar-refractivity contribution in [3.8, 4) is 0 Å². The third kappa shape index (κ3) is 3.44. The maximum Gasteiger partial charge on any atom is 0.254 e. The van der Waals surface area contributed by atoms with Crippen molar-refractivity contribution in [2.75, 3.05) is 12.4 Å². The third-order valence-electron chi connectivity index (χ3n) is 5.18. The van der Waals surface area contributed by atoms with Crippen molar-refractivity contribution in [2.45, 2.75) is 58.3 Å². The molecule has 1 aromatic rings. The summed E-state index contributed by atoms with van der Waals surface area (Å²) in [4.78, 5) is 26.2. The molecule has 2 aliphatic carbocycles. The zero-order valence-electron chi connectivity index (χ0n) is 14.0. The highest BCUT2D eigenvalue weighted by atomic mass is 32.1. The first-order chi connectivity index (χ1) is 11.1. The Morgan fingerprint density at radius 2 is 1.87 bits per heavy atom. The lowest BCUT2D eigenvalue weighted by Gasteiger charge is -2.20. The fraction of sp³-hybridized carbons (Fsp3) is 0.667. The van der Waals surface area contributed by atoms with Crippen molar-refractivity contribution in [3.63, 3.8) is 0 Å². The van der Waals surface area contributed by atoms with E-state index in [0.29, 0.717) is 11.5 Å². The van der Waals surface area contributed by atoms with Crippen LogP contribution in [0.1, 0.15) is 66.2 Å². The largest absolute Gasteiger partial charge is 0.355 e. The number of hydrogen-bond acceptors (Lipinski definition) is 3. The standard InChI is InChI=1S/C18H26N2O2S/c1-11-8-9-13-14(10-11)23-18(15(13)17(22)19-2)20-16(21)12-6-4-3-5-7-12/h11-12H,3-10H2,1-2H3,(H,19,22)(H,20,21). The SMILES string of the molecule is CNC(=O)c1c(NC(=O)C2CCCCC2)sc2c1CCC(C)C2. The van der Waals surface area contributed by atoms with Gasteiger partial charge >= 0.3 is 0 Å². The van der Waals surface area contributed by atoms with E-state index < -0.39 is 0 Å². The van der Waals surface area contributed by atoms with E-state index in [-0.39, 0.29) is 17.7 Å². The van der Waals surface area contributed by atoms with Crippen LogP contribution in [0.4, 0.5) is 5.00 Å². The van der Waals surface area contributed by atoms with Gasteiger partial charge in [0.25, 0.3) is 5.91 Å². The number of hydrogen-bond donors (Lipinski definition) is 2. The molecule has 4 nitrogen and oxygen atoms in total. The molecule has 5 heteroatoms. The number of amides is 2. The van der Waals surface area contributed by atoms with Crippen molar-refractivity contribution in [1.82, 2.24) is 5.32 Å². The second kappa shape index (κ2) is 7.04. The van der Waals surface area contributed by atoms with Crippen molar-refractivity contribution >= 4 is 28.2 Å². The number of thiophene rings is 1. The molecule has 1 saturated carbocycles. The summed E-state index contributed by atoms with van der Waals surface area (Å²) in [6.07, 6.45) is 8.53. The number of carbonyl (C=O) groups excluding carboxylic acids is 2. The summed E-state index contributed by atoms with van der Waals surface area (Å²) in [7, 11) is 1.66. The minimum atomic E-state index is -0.0732. The fourth-order valence-corrected chi connectivity index (χ4v) is 5.19. The molecule has 3 rings (SSSR count). The fourth-order valence-electron chi connectivity index (χ4n) is 3.78. The smallest absolute Gasteiger partial charge is 0.254 e. The Morgan fingerprint density at radius 3 is 2.57 bits per heavy atom. The molecule has 0 aromatic carbocycles. The summed E-state index contributed by atoms with van der Waals surface area (Å²) in [6.45, 7) is 2.25. The van der Waals surface area contributed by atoms with E-state index in [9.17, 15) is 9.59 Å². The second-order valence-corrected chi connectivity index (χ2v) is 8.06. The van der Waals surface area contributed by atoms with Crippen LogP contribution in [0.25, 0.3) is 0 Å². The molecule has 0 radical (unpaired) electrons. The normalized spacial score (nSPS) is 21.6. The maximum atomic E-state index is 12.6. The molecular formula is C18H26N2O2S. The molecule has 1 atom stereocenters. The van der Waals surface area contributed by atoms with Gasteiger partial charge in [-0.25, -0.2) is 0 Å². The molecule has 23 heavy (non-hydrogen) atoms. The number of rotatable bonds is 3. The lowest BCUT2D eigenvalue weighted by molar-refractivity contribution is -0.120. The molecule has 1 unspecified atom stereocenters. The second-order valence-electron chi connectivity index (χ2n) is 6.96. The van der Waals surface area contributed by atoms with Gasteiger partial charge in [0, 0.05) is 17.8 Å². The van der Waals surface area contributed by atoms with Gasteiger partial charge in [0.05, 0.1) is 5.56 Å². The van der Waals surface area contributed by atoms with Crippen molar-refractivity contribution in [1.29, 1.82) is 0 Å². The Balaban J connectivity index is 1.85. The molecule has 2 aliphatic rings. The highest BCUT2D eigenvalue weighted by molar-refractivity contribution is 7.17. The van der Waals surface area contributed by atoms with E-state index in [1.54, 1.807) is 18.4 Å². The molecule has 0 bridgehead atoms. The van der Waals surface area contributed by atoms with E-state index >= 15 is 0 Å². The van der Waals surface area contributed by atoms with Crippen LogP contribution >= 0.6 is 11.3 Å². The van der Waals surface area contributed by atoms with Crippen LogP contribution in [-0.4, -0.2) is 18.9 Å². The maximum absolute atomic E-state index is 12.6. The Hall–Kier alpha value is -1.36. The monoisotopic (exact) mass is 334 g/mol. The van der Waals surface area contributed by atoms with Crippen LogP contribution < -0.4 is 10.6 Å². The summed E-state index contributed by atoms with van der Waals surface area (Å²) in [5, 5.41) is 6.59. The molecule has 0 spiro atoms. The average Bonchev–Trinajstić information content (AvgIpc) is 2.91. The Kier molecular flexibility index (Phi) is 5.05. The molecule has 1 heterocycles. The molecule has 2 amide bonds. The van der Waals surface area contributed by atoms with Crippen LogP contribution in [0.2, 0.25) is 0 Å². The lowest BCUT2D eigenvalue weighted by Crippen LogP contribution is -2.26. The van der Waals surface area contributed by atoms with Gasteiger partial charge in [-0.3, -0.25) is 9.59 Å². The van der Waals surface area contributed by atoms with Crippen molar-refractivity contribution in [2.24, 2.45) is 11.8 Å². The zero-order valence-corrected chi connectivity index (χ0v) is 14.9. The van der Waals surface area contributed by atoms with E-state index in [4.69, 9.17) is 0 Å². The molecular weight excluding hydrogens is 308 g/mol. The molecule has 1 fully saturated rings. The number of carbonyl (C=O) groups is 2. The Labute approximate surface area is 142 Å². The van der Waals surface area contributed by atoms with E-state index in [1.165, 1.54) is 11.3 Å². The molecule has 126 valence electrons. The van der Waals surface area contributed by atoms with Crippen LogP contribution in [0.15, 0.2) is 0 Å². The van der Waals surface area contributed by atoms with Gasteiger partial charge in [-0.2, -0.15) is 0 Å². The summed E-state index contributed by atoms with van der Waals surface area (Å²) in [6, 6.07) is 0. The predicted molar refractivity (Wildman–Crippen MR) is 94.1 cm³/mol. The van der Waals surface area contributed by atoms with Gasteiger partial charge in [0.2, 0.25) is 5.91 Å². The molecule has 0 saturated heterocycles. The number of nitrogens with one attached hydrogen (secondary N) is 2. The van der Waals surface area contributed by atoms with Crippen molar-refractivity contribution in [3.05, 3.63) is 16.0 Å². The topological polar surface area (TPSA) is 58.2 Å². The highest BCUT2D eigenvalue weighted by Crippen LogP contribution is 2.40. The van der Waals surface area contributed by atoms with Crippen LogP contribution in [-0.2, 0) is 17.6 Å². The zero-order chi connectivity index (χ0) is 16.4. The lowest BCUT2D eigenvalue weighted by atomic mass is 9.87. The first kappa shape index (κ1) is 16.5. The Bertz CT molecular complexity index is 602. The number of anilines is 1. The highest BCUT2D eigenvalue weighted by Gasteiger charge is 2.29. The van der Waals surface area contributed by atoms with Crippen LogP contribution in [0.5, 0.6) is 0 Å². The minimum Gasteiger partial charge on any atom is -0.355 e. The van der Waals surface area contributed by atoms with E-state index in [1.807, 2.05) is 0 Å². The van der Waals surface area contributed by atoms with Crippen molar-refractivity contribution < 1.29 is 9.59 Å². The van der Waals surface area contributed by atoms with Gasteiger partial charge in [0.15, 0.2) is 0 Å². The Morgan fingerprint density at radius 1 is 1.13 bits per heavy atom. The third-order valence-corrected chi connectivity index (χ3v) is 6.35. The summed E-state index contributed by atoms with van der Waals surface area (Å²) in [5.41, 5.74) is 1.87. The first-order valence-electron chi connectivity index (χ1n) is 8.77. The van der Waals surface area contributed by atoms with Gasteiger partial charge in [0.1, 0.15) is 5.00 Å². The molecule has 2 N–H and O–H groups in total. The minimum absolute atomic E-state index is 0.0732. The van der Waals surface area contributed by atoms with Gasteiger partial charge in [-0.05, 0) is 43.6 Å². The first-order valence-corrected chi connectivity index (χ1v) is 9.59. The van der Waals surface area contributed by atoms with Crippen LogP contribution in [0.3, 0.4) is 0 Å². The quantitative estimate of drug-likeness (QED) is 0.884. The molecule has 0 aliphatic heterocycles. The van der Waals surface area contributed by atoms with E-state index in [0.717, 1.165) is 55.5 Å². The summed E-state index contributed by atoms with van der Waals surface area (Å²) >= 11 is 1.61. The van der Waals surface area contributed by atoms with Gasteiger partial charge in [-0.1, -0.05) is 26.2 Å².